The minimum atomic E-state index is -0.298. The topological polar surface area (TPSA) is 49.4 Å². The summed E-state index contributed by atoms with van der Waals surface area (Å²) in [6.07, 6.45) is 0. The van der Waals surface area contributed by atoms with E-state index < -0.39 is 0 Å². The van der Waals surface area contributed by atoms with Gasteiger partial charge in [-0.15, -0.1) is 0 Å². The maximum atomic E-state index is 11.4. The second kappa shape index (κ2) is 3.96. The fourth-order valence-corrected chi connectivity index (χ4v) is 1.90. The molecular formula is C12H14N2O2. The summed E-state index contributed by atoms with van der Waals surface area (Å²) in [4.78, 5) is 24.0. The molecular weight excluding hydrogens is 204 g/mol. The Hall–Kier alpha value is -1.84. The lowest BCUT2D eigenvalue weighted by atomic mass is 10.0. The van der Waals surface area contributed by atoms with Crippen LogP contribution < -0.4 is 5.32 Å². The Kier molecular flexibility index (Phi) is 2.64. The molecule has 1 aliphatic heterocycles. The van der Waals surface area contributed by atoms with Gasteiger partial charge in [0.1, 0.15) is 6.54 Å². The highest BCUT2D eigenvalue weighted by atomic mass is 16.2. The number of nitrogens with zero attached hydrogens (tertiary/aromatic N) is 1. The molecule has 0 saturated carbocycles. The van der Waals surface area contributed by atoms with Crippen LogP contribution >= 0.6 is 0 Å². The van der Waals surface area contributed by atoms with Gasteiger partial charge >= 0.3 is 6.03 Å². The summed E-state index contributed by atoms with van der Waals surface area (Å²) in [5, 5.41) is 2.27. The van der Waals surface area contributed by atoms with Gasteiger partial charge in [-0.2, -0.15) is 0 Å². The average molecular weight is 218 g/mol. The summed E-state index contributed by atoms with van der Waals surface area (Å²) in [7, 11) is 0. The lowest BCUT2D eigenvalue weighted by Gasteiger charge is -2.16. The van der Waals surface area contributed by atoms with Crippen LogP contribution in [0.25, 0.3) is 0 Å². The Bertz CT molecular complexity index is 434. The second-order valence-electron chi connectivity index (χ2n) is 4.08. The van der Waals surface area contributed by atoms with Gasteiger partial charge in [-0.25, -0.2) is 4.79 Å². The van der Waals surface area contributed by atoms with Gasteiger partial charge in [0.2, 0.25) is 5.91 Å². The standard InChI is InChI=1S/C12H14N2O2/c1-8-4-3-5-9(2)10(8)6-14-7-11(15)13-12(14)16/h3-5H,6-7H2,1-2H3,(H,13,15,16). The number of aryl methyl sites for hydroxylation is 2. The molecule has 3 amide bonds. The number of benzene rings is 1. The molecule has 0 atom stereocenters. The summed E-state index contributed by atoms with van der Waals surface area (Å²) < 4.78 is 0. The Morgan fingerprint density at radius 1 is 1.25 bits per heavy atom. The van der Waals surface area contributed by atoms with Gasteiger partial charge in [0.05, 0.1) is 0 Å². The third-order valence-electron chi connectivity index (χ3n) is 2.86. The van der Waals surface area contributed by atoms with Crippen molar-refractivity contribution in [3.05, 3.63) is 34.9 Å². The van der Waals surface area contributed by atoms with Crippen LogP contribution in [0.5, 0.6) is 0 Å². The molecule has 0 aromatic heterocycles. The number of nitrogens with one attached hydrogen (secondary N) is 1. The van der Waals surface area contributed by atoms with Gasteiger partial charge < -0.3 is 4.90 Å². The molecule has 2 rings (SSSR count). The van der Waals surface area contributed by atoms with Crippen molar-refractivity contribution < 1.29 is 9.59 Å². The van der Waals surface area contributed by atoms with Crippen molar-refractivity contribution in [2.24, 2.45) is 0 Å². The first-order chi connectivity index (χ1) is 7.58. The van der Waals surface area contributed by atoms with E-state index >= 15 is 0 Å². The van der Waals surface area contributed by atoms with Crippen molar-refractivity contribution in [2.45, 2.75) is 20.4 Å². The first-order valence-electron chi connectivity index (χ1n) is 5.22. The van der Waals surface area contributed by atoms with E-state index in [1.165, 1.54) is 4.90 Å². The first-order valence-corrected chi connectivity index (χ1v) is 5.22. The second-order valence-corrected chi connectivity index (χ2v) is 4.08. The molecule has 0 spiro atoms. The number of rotatable bonds is 2. The maximum absolute atomic E-state index is 11.4. The first kappa shape index (κ1) is 10.7. The molecule has 1 heterocycles. The number of hydrogen-bond acceptors (Lipinski definition) is 2. The molecule has 0 aliphatic carbocycles. The van der Waals surface area contributed by atoms with Crippen molar-refractivity contribution in [2.75, 3.05) is 6.54 Å². The van der Waals surface area contributed by atoms with Gasteiger partial charge in [0.25, 0.3) is 0 Å². The predicted molar refractivity (Wildman–Crippen MR) is 59.9 cm³/mol. The average Bonchev–Trinajstić information content (AvgIpc) is 2.51. The van der Waals surface area contributed by atoms with Gasteiger partial charge in [-0.3, -0.25) is 10.1 Å². The van der Waals surface area contributed by atoms with Crippen LogP contribution in [-0.4, -0.2) is 23.4 Å². The maximum Gasteiger partial charge on any atom is 0.324 e. The zero-order valence-electron chi connectivity index (χ0n) is 9.41. The molecule has 0 radical (unpaired) electrons. The number of carbonyl (C=O) groups excluding carboxylic acids is 2. The molecule has 16 heavy (non-hydrogen) atoms. The van der Waals surface area contributed by atoms with Gasteiger partial charge in [0, 0.05) is 6.54 Å². The minimum Gasteiger partial charge on any atom is -0.311 e. The molecule has 1 saturated heterocycles. The van der Waals surface area contributed by atoms with E-state index in [4.69, 9.17) is 0 Å². The van der Waals surface area contributed by atoms with Crippen molar-refractivity contribution in [3.8, 4) is 0 Å². The fraction of sp³-hybridized carbons (Fsp3) is 0.333. The molecule has 1 aromatic carbocycles. The minimum absolute atomic E-state index is 0.159. The van der Waals surface area contributed by atoms with Crippen LogP contribution in [-0.2, 0) is 11.3 Å². The highest BCUT2D eigenvalue weighted by Crippen LogP contribution is 2.16. The summed E-state index contributed by atoms with van der Waals surface area (Å²) in [5.74, 6) is -0.226. The summed E-state index contributed by atoms with van der Waals surface area (Å²) in [5.41, 5.74) is 3.41. The Morgan fingerprint density at radius 2 is 1.88 bits per heavy atom. The molecule has 1 fully saturated rings. The fourth-order valence-electron chi connectivity index (χ4n) is 1.90. The van der Waals surface area contributed by atoms with E-state index in [-0.39, 0.29) is 18.5 Å². The SMILES string of the molecule is Cc1cccc(C)c1CN1CC(=O)NC1=O. The number of urea groups is 1. The summed E-state index contributed by atoms with van der Waals surface area (Å²) >= 11 is 0. The molecule has 4 heteroatoms. The van der Waals surface area contributed by atoms with E-state index in [0.717, 1.165) is 16.7 Å². The van der Waals surface area contributed by atoms with Crippen LogP contribution in [0.3, 0.4) is 0 Å². The molecule has 1 aromatic rings. The number of amides is 3. The Labute approximate surface area is 94.2 Å². The van der Waals surface area contributed by atoms with E-state index in [1.54, 1.807) is 0 Å². The molecule has 1 aliphatic rings. The van der Waals surface area contributed by atoms with E-state index in [2.05, 4.69) is 5.32 Å². The highest BCUT2D eigenvalue weighted by molar-refractivity contribution is 6.01. The third-order valence-corrected chi connectivity index (χ3v) is 2.86. The van der Waals surface area contributed by atoms with E-state index in [1.807, 2.05) is 32.0 Å². The third kappa shape index (κ3) is 1.91. The highest BCUT2D eigenvalue weighted by Gasteiger charge is 2.27. The largest absolute Gasteiger partial charge is 0.324 e. The van der Waals surface area contributed by atoms with Gasteiger partial charge in [0.15, 0.2) is 0 Å². The van der Waals surface area contributed by atoms with Crippen molar-refractivity contribution in [3.63, 3.8) is 0 Å². The van der Waals surface area contributed by atoms with E-state index in [9.17, 15) is 9.59 Å². The molecule has 0 bridgehead atoms. The Morgan fingerprint density at radius 3 is 2.38 bits per heavy atom. The van der Waals surface area contributed by atoms with Crippen LogP contribution in [0.2, 0.25) is 0 Å². The quantitative estimate of drug-likeness (QED) is 0.762. The monoisotopic (exact) mass is 218 g/mol. The van der Waals surface area contributed by atoms with Crippen LogP contribution in [0.4, 0.5) is 4.79 Å². The van der Waals surface area contributed by atoms with Crippen LogP contribution in [0.15, 0.2) is 18.2 Å². The molecule has 0 unspecified atom stereocenters. The zero-order chi connectivity index (χ0) is 11.7. The lowest BCUT2D eigenvalue weighted by molar-refractivity contribution is -0.118. The molecule has 4 nitrogen and oxygen atoms in total. The van der Waals surface area contributed by atoms with Crippen molar-refractivity contribution >= 4 is 11.9 Å². The smallest absolute Gasteiger partial charge is 0.311 e. The molecule has 1 N–H and O–H groups in total. The lowest BCUT2D eigenvalue weighted by Crippen LogP contribution is -2.28. The van der Waals surface area contributed by atoms with Crippen LogP contribution in [0, 0.1) is 13.8 Å². The number of carbonyl (C=O) groups is 2. The van der Waals surface area contributed by atoms with Crippen LogP contribution in [0.1, 0.15) is 16.7 Å². The zero-order valence-corrected chi connectivity index (χ0v) is 9.41. The van der Waals surface area contributed by atoms with Gasteiger partial charge in [-0.1, -0.05) is 18.2 Å². The predicted octanol–water partition coefficient (Wildman–Crippen LogP) is 1.36. The van der Waals surface area contributed by atoms with Crippen molar-refractivity contribution in [1.29, 1.82) is 0 Å². The molecule has 84 valence electrons. The summed E-state index contributed by atoms with van der Waals surface area (Å²) in [6, 6.07) is 5.72. The van der Waals surface area contributed by atoms with Gasteiger partial charge in [-0.05, 0) is 30.5 Å². The Balaban J connectivity index is 2.21. The van der Waals surface area contributed by atoms with E-state index in [0.29, 0.717) is 6.54 Å². The summed E-state index contributed by atoms with van der Waals surface area (Å²) in [6.45, 7) is 4.68. The number of imide groups is 1. The normalized spacial score (nSPS) is 15.5. The van der Waals surface area contributed by atoms with Crippen molar-refractivity contribution in [1.82, 2.24) is 10.2 Å². The number of hydrogen-bond donors (Lipinski definition) is 1.